The molecule has 4 rings (SSSR count). The summed E-state index contributed by atoms with van der Waals surface area (Å²) in [4.78, 5) is 16.0. The second-order valence-corrected chi connectivity index (χ2v) is 7.36. The van der Waals surface area contributed by atoms with E-state index in [0.717, 1.165) is 47.5 Å². The second kappa shape index (κ2) is 8.31. The number of aliphatic imine (C=N–C) groups is 1. The third kappa shape index (κ3) is 4.26. The predicted octanol–water partition coefficient (Wildman–Crippen LogP) is 4.31. The van der Waals surface area contributed by atoms with Crippen molar-refractivity contribution in [2.45, 2.75) is 19.4 Å². The Morgan fingerprint density at radius 1 is 1.07 bits per heavy atom. The van der Waals surface area contributed by atoms with Crippen LogP contribution >= 0.6 is 0 Å². The Bertz CT molecular complexity index is 994. The SMILES string of the molecule is CN(C)CCCc1cccc(Nc2ncc3c(n2)-c2ccccc2C=NC3)c1. The molecule has 0 fully saturated rings. The van der Waals surface area contributed by atoms with E-state index >= 15 is 0 Å². The van der Waals surface area contributed by atoms with Gasteiger partial charge in [0.1, 0.15) is 0 Å². The summed E-state index contributed by atoms with van der Waals surface area (Å²) in [7, 11) is 4.22. The Labute approximate surface area is 166 Å². The molecule has 0 unspecified atom stereocenters. The Kier molecular flexibility index (Phi) is 5.44. The summed E-state index contributed by atoms with van der Waals surface area (Å²) in [5.41, 5.74) is 6.52. The lowest BCUT2D eigenvalue weighted by Gasteiger charge is -2.12. The molecule has 2 aromatic carbocycles. The van der Waals surface area contributed by atoms with E-state index in [0.29, 0.717) is 12.5 Å². The van der Waals surface area contributed by atoms with Crippen LogP contribution in [0.4, 0.5) is 11.6 Å². The Morgan fingerprint density at radius 2 is 1.96 bits per heavy atom. The number of hydrogen-bond donors (Lipinski definition) is 1. The molecule has 1 N–H and O–H groups in total. The van der Waals surface area contributed by atoms with Crippen molar-refractivity contribution in [3.8, 4) is 11.3 Å². The van der Waals surface area contributed by atoms with Crippen LogP contribution in [0.25, 0.3) is 11.3 Å². The number of aryl methyl sites for hydroxylation is 1. The van der Waals surface area contributed by atoms with Gasteiger partial charge in [-0.1, -0.05) is 36.4 Å². The van der Waals surface area contributed by atoms with Crippen LogP contribution in [0.3, 0.4) is 0 Å². The van der Waals surface area contributed by atoms with Gasteiger partial charge in [-0.3, -0.25) is 4.99 Å². The first-order valence-corrected chi connectivity index (χ1v) is 9.65. The molecule has 0 spiro atoms. The highest BCUT2D eigenvalue weighted by Crippen LogP contribution is 2.28. The minimum absolute atomic E-state index is 0.603. The summed E-state index contributed by atoms with van der Waals surface area (Å²) in [6.07, 6.45) is 6.00. The summed E-state index contributed by atoms with van der Waals surface area (Å²) in [6, 6.07) is 16.7. The van der Waals surface area contributed by atoms with Gasteiger partial charge in [0.2, 0.25) is 5.95 Å². The molecule has 0 radical (unpaired) electrons. The zero-order valence-electron chi connectivity index (χ0n) is 16.4. The fraction of sp³-hybridized carbons (Fsp3) is 0.261. The van der Waals surface area contributed by atoms with E-state index in [1.54, 1.807) is 0 Å². The fourth-order valence-electron chi connectivity index (χ4n) is 3.42. The summed E-state index contributed by atoms with van der Waals surface area (Å²) in [5.74, 6) is 0.612. The Hall–Kier alpha value is -3.05. The molecule has 5 heteroatoms. The average molecular weight is 371 g/mol. The summed E-state index contributed by atoms with van der Waals surface area (Å²) < 4.78 is 0. The lowest BCUT2D eigenvalue weighted by atomic mass is 10.0. The maximum atomic E-state index is 4.82. The van der Waals surface area contributed by atoms with Gasteiger partial charge in [0, 0.05) is 34.8 Å². The van der Waals surface area contributed by atoms with Crippen LogP contribution in [0, 0.1) is 0 Å². The zero-order valence-corrected chi connectivity index (χ0v) is 16.4. The summed E-state index contributed by atoms with van der Waals surface area (Å²) in [6.45, 7) is 1.69. The second-order valence-electron chi connectivity index (χ2n) is 7.36. The molecule has 0 atom stereocenters. The quantitative estimate of drug-likeness (QED) is 0.701. The number of aromatic nitrogens is 2. The number of hydrogen-bond acceptors (Lipinski definition) is 5. The zero-order chi connectivity index (χ0) is 19.3. The first kappa shape index (κ1) is 18.3. The molecule has 1 aromatic heterocycles. The van der Waals surface area contributed by atoms with E-state index in [9.17, 15) is 0 Å². The highest BCUT2D eigenvalue weighted by atomic mass is 15.1. The molecule has 0 saturated heterocycles. The van der Waals surface area contributed by atoms with Gasteiger partial charge >= 0.3 is 0 Å². The largest absolute Gasteiger partial charge is 0.324 e. The van der Waals surface area contributed by atoms with E-state index in [4.69, 9.17) is 4.98 Å². The molecular formula is C23H25N5. The highest BCUT2D eigenvalue weighted by molar-refractivity contribution is 5.91. The van der Waals surface area contributed by atoms with Gasteiger partial charge in [-0.25, -0.2) is 9.97 Å². The van der Waals surface area contributed by atoms with Gasteiger partial charge in [-0.2, -0.15) is 0 Å². The van der Waals surface area contributed by atoms with E-state index in [2.05, 4.69) is 70.7 Å². The average Bonchev–Trinajstić information content (AvgIpc) is 2.87. The van der Waals surface area contributed by atoms with Crippen LogP contribution in [0.2, 0.25) is 0 Å². The maximum Gasteiger partial charge on any atom is 0.227 e. The van der Waals surface area contributed by atoms with Crippen molar-refractivity contribution in [3.05, 3.63) is 71.4 Å². The van der Waals surface area contributed by atoms with Crippen molar-refractivity contribution < 1.29 is 0 Å². The van der Waals surface area contributed by atoms with Crippen molar-refractivity contribution in [1.29, 1.82) is 0 Å². The van der Waals surface area contributed by atoms with Crippen LogP contribution in [-0.2, 0) is 13.0 Å². The van der Waals surface area contributed by atoms with Gasteiger partial charge in [0.25, 0.3) is 0 Å². The first-order chi connectivity index (χ1) is 13.7. The molecule has 2 heterocycles. The van der Waals surface area contributed by atoms with Crippen LogP contribution < -0.4 is 5.32 Å². The first-order valence-electron chi connectivity index (χ1n) is 9.65. The molecule has 0 saturated carbocycles. The molecule has 28 heavy (non-hydrogen) atoms. The van der Waals surface area contributed by atoms with Crippen molar-refractivity contribution in [1.82, 2.24) is 14.9 Å². The van der Waals surface area contributed by atoms with Crippen LogP contribution in [-0.4, -0.2) is 41.7 Å². The monoisotopic (exact) mass is 371 g/mol. The normalized spacial score (nSPS) is 12.4. The molecule has 142 valence electrons. The molecule has 0 bridgehead atoms. The van der Waals surface area contributed by atoms with Gasteiger partial charge in [0.05, 0.1) is 12.2 Å². The van der Waals surface area contributed by atoms with E-state index < -0.39 is 0 Å². The standard InChI is InChI=1S/C23H25N5/c1-28(2)12-6-8-17-7-5-10-20(13-17)26-23-25-16-19-15-24-14-18-9-3-4-11-21(18)22(19)27-23/h3-5,7,9-11,13-14,16H,6,8,12,15H2,1-2H3,(H,25,26,27). The molecule has 0 aliphatic carbocycles. The summed E-state index contributed by atoms with van der Waals surface area (Å²) >= 11 is 0. The Morgan fingerprint density at radius 3 is 2.86 bits per heavy atom. The van der Waals surface area contributed by atoms with Gasteiger partial charge in [0.15, 0.2) is 0 Å². The predicted molar refractivity (Wildman–Crippen MR) is 115 cm³/mol. The van der Waals surface area contributed by atoms with Crippen molar-refractivity contribution in [2.24, 2.45) is 4.99 Å². The number of fused-ring (bicyclic) bond motifs is 3. The van der Waals surface area contributed by atoms with E-state index in [-0.39, 0.29) is 0 Å². The third-order valence-electron chi connectivity index (χ3n) is 4.83. The molecule has 5 nitrogen and oxygen atoms in total. The molecule has 0 amide bonds. The fourth-order valence-corrected chi connectivity index (χ4v) is 3.42. The van der Waals surface area contributed by atoms with Crippen LogP contribution in [0.1, 0.15) is 23.1 Å². The van der Waals surface area contributed by atoms with Crippen molar-refractivity contribution in [2.75, 3.05) is 26.0 Å². The smallest absolute Gasteiger partial charge is 0.227 e. The van der Waals surface area contributed by atoms with Gasteiger partial charge < -0.3 is 10.2 Å². The number of nitrogens with zero attached hydrogens (tertiary/aromatic N) is 4. The third-order valence-corrected chi connectivity index (χ3v) is 4.83. The molecular weight excluding hydrogens is 346 g/mol. The van der Waals surface area contributed by atoms with Crippen LogP contribution in [0.15, 0.2) is 59.7 Å². The molecule has 1 aliphatic heterocycles. The van der Waals surface area contributed by atoms with E-state index in [1.165, 1.54) is 5.56 Å². The number of anilines is 2. The highest BCUT2D eigenvalue weighted by Gasteiger charge is 2.14. The van der Waals surface area contributed by atoms with Crippen molar-refractivity contribution >= 4 is 17.9 Å². The van der Waals surface area contributed by atoms with Crippen molar-refractivity contribution in [3.63, 3.8) is 0 Å². The summed E-state index contributed by atoms with van der Waals surface area (Å²) in [5, 5.41) is 3.37. The van der Waals surface area contributed by atoms with Gasteiger partial charge in [-0.05, 0) is 51.2 Å². The molecule has 1 aliphatic rings. The maximum absolute atomic E-state index is 4.82. The number of nitrogens with one attached hydrogen (secondary N) is 1. The number of benzene rings is 2. The number of rotatable bonds is 6. The van der Waals surface area contributed by atoms with E-state index in [1.807, 2.05) is 24.5 Å². The molecule has 3 aromatic rings. The van der Waals surface area contributed by atoms with Gasteiger partial charge in [-0.15, -0.1) is 0 Å². The Balaban J connectivity index is 1.56. The lowest BCUT2D eigenvalue weighted by Crippen LogP contribution is -2.13. The van der Waals surface area contributed by atoms with Crippen LogP contribution in [0.5, 0.6) is 0 Å². The topological polar surface area (TPSA) is 53.4 Å². The lowest BCUT2D eigenvalue weighted by molar-refractivity contribution is 0.400. The minimum Gasteiger partial charge on any atom is -0.324 e. The minimum atomic E-state index is 0.603.